The number of ether oxygens (including phenoxy) is 1. The second kappa shape index (κ2) is 24.7. The van der Waals surface area contributed by atoms with Gasteiger partial charge in [-0.1, -0.05) is 69.2 Å². The number of amidine groups is 1. The van der Waals surface area contributed by atoms with Gasteiger partial charge in [-0.15, -0.1) is 12.4 Å². The lowest BCUT2D eigenvalue weighted by Crippen LogP contribution is -2.39. The molecule has 1 fully saturated rings. The van der Waals surface area contributed by atoms with Gasteiger partial charge >= 0.3 is 0 Å². The van der Waals surface area contributed by atoms with E-state index in [0.29, 0.717) is 57.4 Å². The number of aryl methyl sites for hydroxylation is 2. The summed E-state index contributed by atoms with van der Waals surface area (Å²) in [5.41, 5.74) is 8.53. The number of aliphatic hydroxyl groups is 1. The van der Waals surface area contributed by atoms with E-state index in [-0.39, 0.29) is 22.8 Å². The van der Waals surface area contributed by atoms with E-state index in [2.05, 4.69) is 115 Å². The molecule has 0 unspecified atom stereocenters. The Hall–Kier alpha value is -3.85. The van der Waals surface area contributed by atoms with Gasteiger partial charge in [-0.05, 0) is 75.1 Å². The molecule has 2 aromatic rings. The number of hydrogen-bond acceptors (Lipinski definition) is 11. The second-order valence-corrected chi connectivity index (χ2v) is 21.0. The Labute approximate surface area is 379 Å². The number of amides is 1. The minimum Gasteiger partial charge on any atom is -0.514 e. The SMILES string of the molecule is CC1(C)CCC(=O)NC1.CC1(C)CCC(N)=NC1.CC1(C)CCc2nc(C=O)cn2C1.CC1(C)CCc2ncc(C=O)n2C1.COC1=NCC(C)(C)CC1.Cl.O=C/C(Br)=C\O. The number of hydrogen-bond donors (Lipinski definition) is 3. The van der Waals surface area contributed by atoms with Crippen LogP contribution in [-0.2, 0) is 40.3 Å². The van der Waals surface area contributed by atoms with Gasteiger partial charge in [-0.2, -0.15) is 0 Å². The number of nitrogens with zero attached hydrogens (tertiary/aromatic N) is 6. The average molecular weight is 938 g/mol. The van der Waals surface area contributed by atoms with Crippen LogP contribution in [0.4, 0.5) is 0 Å². The van der Waals surface area contributed by atoms with Crippen molar-refractivity contribution in [3.63, 3.8) is 0 Å². The molecule has 5 aliphatic rings. The predicted molar refractivity (Wildman–Crippen MR) is 250 cm³/mol. The molecule has 0 saturated carbocycles. The van der Waals surface area contributed by atoms with Crippen LogP contribution < -0.4 is 11.1 Å². The van der Waals surface area contributed by atoms with E-state index < -0.39 is 0 Å². The van der Waals surface area contributed by atoms with Crippen molar-refractivity contribution in [2.45, 2.75) is 147 Å². The van der Waals surface area contributed by atoms with Gasteiger partial charge in [-0.3, -0.25) is 29.2 Å². The molecule has 0 atom stereocenters. The Morgan fingerprint density at radius 3 is 1.77 bits per heavy atom. The molecule has 0 radical (unpaired) electrons. The fraction of sp³-hybridized carbons (Fsp3) is 0.689. The number of methoxy groups -OCH3 is 1. The van der Waals surface area contributed by atoms with Crippen molar-refractivity contribution in [2.75, 3.05) is 26.7 Å². The van der Waals surface area contributed by atoms with E-state index in [1.54, 1.807) is 13.3 Å². The van der Waals surface area contributed by atoms with E-state index >= 15 is 0 Å². The zero-order valence-corrected chi connectivity index (χ0v) is 41.0. The Kier molecular flexibility index (Phi) is 22.3. The largest absolute Gasteiger partial charge is 0.514 e. The first-order valence-corrected chi connectivity index (χ1v) is 21.8. The molecule has 7 heterocycles. The van der Waals surface area contributed by atoms with Crippen molar-refractivity contribution in [3.05, 3.63) is 46.2 Å². The number of nitrogens with two attached hydrogens (primary N) is 1. The summed E-state index contributed by atoms with van der Waals surface area (Å²) in [6, 6.07) is 0. The fourth-order valence-corrected chi connectivity index (χ4v) is 6.73. The highest BCUT2D eigenvalue weighted by atomic mass is 79.9. The van der Waals surface area contributed by atoms with Crippen LogP contribution in [0.25, 0.3) is 0 Å². The zero-order chi connectivity index (χ0) is 45.4. The first kappa shape index (κ1) is 55.2. The lowest BCUT2D eigenvalue weighted by molar-refractivity contribution is -0.123. The van der Waals surface area contributed by atoms with Gasteiger partial charge in [0.15, 0.2) is 24.8 Å². The van der Waals surface area contributed by atoms with Gasteiger partial charge in [0.05, 0.1) is 29.9 Å². The minimum atomic E-state index is 0. The van der Waals surface area contributed by atoms with Crippen molar-refractivity contribution in [1.29, 1.82) is 0 Å². The molecule has 7 rings (SSSR count). The molecule has 14 nitrogen and oxygen atoms in total. The first-order chi connectivity index (χ1) is 27.9. The third-order valence-corrected chi connectivity index (χ3v) is 11.4. The van der Waals surface area contributed by atoms with E-state index in [1.165, 1.54) is 12.8 Å². The van der Waals surface area contributed by atoms with E-state index in [1.807, 2.05) is 10.8 Å². The van der Waals surface area contributed by atoms with Crippen LogP contribution in [0.2, 0.25) is 0 Å². The number of nitrogens with one attached hydrogen (secondary N) is 1. The molecule has 0 aliphatic carbocycles. The van der Waals surface area contributed by atoms with E-state index in [4.69, 9.17) is 15.6 Å². The molecule has 5 aliphatic heterocycles. The standard InChI is InChI=1S/2C10H14N2O.C8H15NO.C7H14N2.C7H13NO.C3H3BrO2.ClH/c1-10(2)4-3-9-11-8(6-13)5-12(9)7-10;1-10(2)4-3-9-11-5-8(6-13)12(9)7-10;1-8(2)5-4-7(10-3)9-6-8;1-7(2)4-3-6(8)9-5-7;1-7(2)4-3-6(9)8-5-7;4-3(1-5)2-6;/h2*5-6H,3-4,7H2,1-2H3;4-6H2,1-3H3;3-5H2,1-2H3,(H2,8,9);3-5H2,1-2H3,(H,8,9);1-2,5H;1H/b;;;;;3-1+;. The first-order valence-electron chi connectivity index (χ1n) is 21.0. The van der Waals surface area contributed by atoms with Crippen molar-refractivity contribution >= 4 is 64.8 Å². The Morgan fingerprint density at radius 1 is 0.787 bits per heavy atom. The van der Waals surface area contributed by atoms with Gasteiger partial charge in [-0.25, -0.2) is 9.97 Å². The van der Waals surface area contributed by atoms with E-state index in [0.717, 1.165) is 114 Å². The van der Waals surface area contributed by atoms with Crippen molar-refractivity contribution in [3.8, 4) is 0 Å². The smallest absolute Gasteiger partial charge is 0.220 e. The highest BCUT2D eigenvalue weighted by molar-refractivity contribution is 9.12. The number of carbonyl (C=O) groups is 4. The number of rotatable bonds is 3. The van der Waals surface area contributed by atoms with Gasteiger partial charge < -0.3 is 30.0 Å². The number of allylic oxidation sites excluding steroid dienone is 1. The highest BCUT2D eigenvalue weighted by Crippen LogP contribution is 2.32. The molecule has 1 amide bonds. The van der Waals surface area contributed by atoms with Crippen LogP contribution in [0, 0.1) is 27.1 Å². The summed E-state index contributed by atoms with van der Waals surface area (Å²) in [4.78, 5) is 58.2. The summed E-state index contributed by atoms with van der Waals surface area (Å²) in [5.74, 6) is 4.06. The summed E-state index contributed by atoms with van der Waals surface area (Å²) >= 11 is 2.72. The maximum atomic E-state index is 10.7. The number of fused-ring (bicyclic) bond motifs is 2. The number of aliphatic imine (C=N–C) groups is 2. The molecule has 0 spiro atoms. The highest BCUT2D eigenvalue weighted by Gasteiger charge is 2.28. The minimum absolute atomic E-state index is 0. The van der Waals surface area contributed by atoms with Crippen LogP contribution in [0.1, 0.15) is 153 Å². The maximum Gasteiger partial charge on any atom is 0.220 e. The quantitative estimate of drug-likeness (QED) is 0.153. The Balaban J connectivity index is 0.000000371. The summed E-state index contributed by atoms with van der Waals surface area (Å²) in [7, 11) is 1.69. The predicted octanol–water partition coefficient (Wildman–Crippen LogP) is 8.67. The molecule has 344 valence electrons. The molecule has 2 aromatic heterocycles. The van der Waals surface area contributed by atoms with Gasteiger partial charge in [0.1, 0.15) is 23.0 Å². The van der Waals surface area contributed by atoms with Crippen molar-refractivity contribution < 1.29 is 29.0 Å². The molecule has 0 aromatic carbocycles. The zero-order valence-electron chi connectivity index (χ0n) is 38.6. The number of halogens is 2. The molecular weight excluding hydrogens is 864 g/mol. The monoisotopic (exact) mass is 936 g/mol. The van der Waals surface area contributed by atoms with Gasteiger partial charge in [0.25, 0.3) is 0 Å². The normalized spacial score (nSPS) is 20.8. The number of aldehydes is 3. The number of aliphatic hydroxyl groups excluding tert-OH is 1. The molecule has 16 heteroatoms. The van der Waals surface area contributed by atoms with Gasteiger partial charge in [0.2, 0.25) is 5.91 Å². The number of imidazole rings is 2. The van der Waals surface area contributed by atoms with Crippen molar-refractivity contribution in [2.24, 2.45) is 42.8 Å². The third kappa shape index (κ3) is 20.7. The Bertz CT molecular complexity index is 1810. The number of carbonyl (C=O) groups excluding carboxylic acids is 4. The number of aromatic nitrogens is 4. The summed E-state index contributed by atoms with van der Waals surface area (Å²) in [6.45, 7) is 26.8. The molecule has 1 saturated heterocycles. The van der Waals surface area contributed by atoms with Crippen LogP contribution in [0.3, 0.4) is 0 Å². The lowest BCUT2D eigenvalue weighted by atomic mass is 9.85. The van der Waals surface area contributed by atoms with Gasteiger partial charge in [0, 0.05) is 71.0 Å². The average Bonchev–Trinajstić information content (AvgIpc) is 3.80. The molecule has 61 heavy (non-hydrogen) atoms. The molecule has 0 bridgehead atoms. The second-order valence-electron chi connectivity index (χ2n) is 20.1. The summed E-state index contributed by atoms with van der Waals surface area (Å²) in [6.07, 6.45) is 16.8. The van der Waals surface area contributed by atoms with Crippen LogP contribution >= 0.6 is 28.3 Å². The summed E-state index contributed by atoms with van der Waals surface area (Å²) in [5, 5.41) is 10.7. The Morgan fingerprint density at radius 2 is 1.34 bits per heavy atom. The van der Waals surface area contributed by atoms with E-state index in [9.17, 15) is 19.2 Å². The van der Waals surface area contributed by atoms with Crippen LogP contribution in [0.15, 0.2) is 33.1 Å². The lowest BCUT2D eigenvalue weighted by Gasteiger charge is -2.30. The topological polar surface area (TPSA) is 196 Å². The molecular formula is C45H74BrClN8O6. The van der Waals surface area contributed by atoms with Crippen molar-refractivity contribution in [1.82, 2.24) is 24.4 Å². The number of piperidine rings is 1. The summed E-state index contributed by atoms with van der Waals surface area (Å²) < 4.78 is 9.33. The third-order valence-electron chi connectivity index (χ3n) is 11.1. The van der Waals surface area contributed by atoms with Crippen LogP contribution in [0.5, 0.6) is 0 Å². The fourth-order valence-electron chi connectivity index (χ4n) is 6.73. The van der Waals surface area contributed by atoms with Crippen LogP contribution in [-0.4, -0.2) is 87.5 Å². The maximum absolute atomic E-state index is 10.7. The molecule has 4 N–H and O–H groups in total.